The van der Waals surface area contributed by atoms with Crippen LogP contribution in [0.5, 0.6) is 5.75 Å². The van der Waals surface area contributed by atoms with Crippen LogP contribution in [0, 0.1) is 10.1 Å². The summed E-state index contributed by atoms with van der Waals surface area (Å²) in [6, 6.07) is 11.5. The predicted molar refractivity (Wildman–Crippen MR) is 122 cm³/mol. The number of nitro groups is 1. The van der Waals surface area contributed by atoms with Gasteiger partial charge in [-0.1, -0.05) is 6.07 Å². The van der Waals surface area contributed by atoms with E-state index in [1.165, 1.54) is 12.1 Å². The van der Waals surface area contributed by atoms with Crippen LogP contribution in [-0.4, -0.2) is 71.9 Å². The average Bonchev–Trinajstić information content (AvgIpc) is 2.83. The normalized spacial score (nSPS) is 14.5. The SMILES string of the molecule is CCOC(=O)C[S+]([O-])c1ccc(C(=O)N2CCN(c3cccc(OC)c3)CC2)cc1[N+](=O)[O-]. The van der Waals surface area contributed by atoms with Gasteiger partial charge in [0.1, 0.15) is 5.75 Å². The van der Waals surface area contributed by atoms with E-state index in [4.69, 9.17) is 9.47 Å². The molecule has 10 nitrogen and oxygen atoms in total. The Bertz CT molecular complexity index is 1020. The number of carbonyl (C=O) groups is 2. The van der Waals surface area contributed by atoms with Crippen LogP contribution in [-0.2, 0) is 20.7 Å². The number of amides is 1. The molecule has 1 unspecified atom stereocenters. The van der Waals surface area contributed by atoms with Gasteiger partial charge in [0.05, 0.1) is 18.6 Å². The number of hydrogen-bond donors (Lipinski definition) is 0. The van der Waals surface area contributed by atoms with Crippen molar-refractivity contribution in [1.82, 2.24) is 4.90 Å². The number of anilines is 1. The van der Waals surface area contributed by atoms with Crippen molar-refractivity contribution in [3.63, 3.8) is 0 Å². The lowest BCUT2D eigenvalue weighted by molar-refractivity contribution is -0.387. The molecule has 2 aromatic carbocycles. The Balaban J connectivity index is 1.70. The molecule has 0 aliphatic carbocycles. The second kappa shape index (κ2) is 11.0. The van der Waals surface area contributed by atoms with Crippen molar-refractivity contribution in [2.24, 2.45) is 0 Å². The van der Waals surface area contributed by atoms with Crippen molar-refractivity contribution in [3.05, 3.63) is 58.1 Å². The monoisotopic (exact) mass is 475 g/mol. The van der Waals surface area contributed by atoms with Gasteiger partial charge in [0.2, 0.25) is 10.6 Å². The van der Waals surface area contributed by atoms with Crippen LogP contribution < -0.4 is 9.64 Å². The molecule has 176 valence electrons. The van der Waals surface area contributed by atoms with Gasteiger partial charge < -0.3 is 23.8 Å². The van der Waals surface area contributed by atoms with Crippen LogP contribution in [0.3, 0.4) is 0 Å². The number of ether oxygens (including phenoxy) is 2. The number of hydrogen-bond acceptors (Lipinski definition) is 8. The fourth-order valence-electron chi connectivity index (χ4n) is 3.53. The Morgan fingerprint density at radius 3 is 2.48 bits per heavy atom. The van der Waals surface area contributed by atoms with Gasteiger partial charge in [-0.05, 0) is 25.1 Å². The maximum Gasteiger partial charge on any atom is 0.356 e. The summed E-state index contributed by atoms with van der Waals surface area (Å²) in [5.74, 6) is -0.794. The van der Waals surface area contributed by atoms with Gasteiger partial charge in [-0.25, -0.2) is 4.79 Å². The summed E-state index contributed by atoms with van der Waals surface area (Å²) in [4.78, 5) is 39.1. The first-order chi connectivity index (χ1) is 15.8. The smallest absolute Gasteiger partial charge is 0.356 e. The zero-order valence-corrected chi connectivity index (χ0v) is 19.2. The van der Waals surface area contributed by atoms with E-state index < -0.39 is 33.5 Å². The summed E-state index contributed by atoms with van der Waals surface area (Å²) in [6.07, 6.45) is 0. The third-order valence-electron chi connectivity index (χ3n) is 5.19. The lowest BCUT2D eigenvalue weighted by Gasteiger charge is -2.36. The van der Waals surface area contributed by atoms with Gasteiger partial charge >= 0.3 is 11.7 Å². The van der Waals surface area contributed by atoms with Crippen molar-refractivity contribution in [1.29, 1.82) is 0 Å². The van der Waals surface area contributed by atoms with Gasteiger partial charge in [0.15, 0.2) is 0 Å². The number of esters is 1. The molecule has 1 aliphatic rings. The molecule has 3 rings (SSSR count). The Morgan fingerprint density at radius 1 is 1.12 bits per heavy atom. The van der Waals surface area contributed by atoms with Crippen molar-refractivity contribution < 1.29 is 28.5 Å². The molecule has 0 radical (unpaired) electrons. The van der Waals surface area contributed by atoms with E-state index in [0.29, 0.717) is 26.2 Å². The maximum atomic E-state index is 13.0. The first-order valence-electron chi connectivity index (χ1n) is 10.3. The van der Waals surface area contributed by atoms with Gasteiger partial charge in [0.25, 0.3) is 5.91 Å². The van der Waals surface area contributed by atoms with Crippen molar-refractivity contribution in [2.75, 3.05) is 50.5 Å². The molecular weight excluding hydrogens is 450 g/mol. The van der Waals surface area contributed by atoms with E-state index >= 15 is 0 Å². The van der Waals surface area contributed by atoms with E-state index in [1.807, 2.05) is 24.3 Å². The van der Waals surface area contributed by atoms with E-state index in [2.05, 4.69) is 4.90 Å². The molecule has 0 bridgehead atoms. The van der Waals surface area contributed by atoms with Crippen molar-refractivity contribution >= 4 is 34.4 Å². The Morgan fingerprint density at radius 2 is 1.85 bits per heavy atom. The molecule has 0 spiro atoms. The van der Waals surface area contributed by atoms with Crippen molar-refractivity contribution in [3.8, 4) is 5.75 Å². The van der Waals surface area contributed by atoms with Crippen LogP contribution in [0.4, 0.5) is 11.4 Å². The number of nitrogens with zero attached hydrogens (tertiary/aromatic N) is 3. The number of carbonyl (C=O) groups excluding carboxylic acids is 2. The van der Waals surface area contributed by atoms with Gasteiger partial charge in [-0.2, -0.15) is 0 Å². The fraction of sp³-hybridized carbons (Fsp3) is 0.364. The lowest BCUT2D eigenvalue weighted by atomic mass is 10.1. The van der Waals surface area contributed by atoms with E-state index in [-0.39, 0.29) is 23.0 Å². The van der Waals surface area contributed by atoms with Crippen LogP contribution >= 0.6 is 0 Å². The fourth-order valence-corrected chi connectivity index (χ4v) is 4.57. The highest BCUT2D eigenvalue weighted by Crippen LogP contribution is 2.28. The van der Waals surface area contributed by atoms with E-state index in [9.17, 15) is 24.3 Å². The Labute approximate surface area is 194 Å². The largest absolute Gasteiger partial charge is 0.611 e. The third kappa shape index (κ3) is 5.93. The molecule has 1 saturated heterocycles. The van der Waals surface area contributed by atoms with Crippen LogP contribution in [0.2, 0.25) is 0 Å². The van der Waals surface area contributed by atoms with Gasteiger partial charge in [-0.3, -0.25) is 14.9 Å². The maximum absolute atomic E-state index is 13.0. The summed E-state index contributed by atoms with van der Waals surface area (Å²) in [5.41, 5.74) is 0.664. The topological polar surface area (TPSA) is 125 Å². The minimum absolute atomic E-state index is 0.118. The number of rotatable bonds is 8. The molecule has 2 aromatic rings. The number of benzene rings is 2. The molecular formula is C22H25N3O7S. The second-order valence-electron chi connectivity index (χ2n) is 7.22. The lowest BCUT2D eigenvalue weighted by Crippen LogP contribution is -2.48. The molecule has 1 amide bonds. The molecule has 11 heteroatoms. The standard InChI is InChI=1S/C22H25N3O7S/c1-3-32-21(26)15-33(30)20-8-7-16(13-19(20)25(28)29)22(27)24-11-9-23(10-12-24)17-5-4-6-18(14-17)31-2/h4-8,13-14H,3,9-12,15H2,1-2H3. The Hall–Kier alpha value is -3.31. The van der Waals surface area contributed by atoms with Crippen molar-refractivity contribution in [2.45, 2.75) is 11.8 Å². The summed E-state index contributed by atoms with van der Waals surface area (Å²) in [5, 5.41) is 11.6. The molecule has 0 N–H and O–H groups in total. The molecule has 1 heterocycles. The van der Waals surface area contributed by atoms with Crippen LogP contribution in [0.25, 0.3) is 0 Å². The molecule has 1 atom stereocenters. The van der Waals surface area contributed by atoms with Gasteiger partial charge in [-0.15, -0.1) is 0 Å². The summed E-state index contributed by atoms with van der Waals surface area (Å²) in [6.45, 7) is 3.82. The summed E-state index contributed by atoms with van der Waals surface area (Å²) >= 11 is -1.96. The zero-order valence-electron chi connectivity index (χ0n) is 18.4. The highest BCUT2D eigenvalue weighted by molar-refractivity contribution is 7.92. The van der Waals surface area contributed by atoms with E-state index in [0.717, 1.165) is 17.5 Å². The quantitative estimate of drug-likeness (QED) is 0.246. The molecule has 33 heavy (non-hydrogen) atoms. The number of methoxy groups -OCH3 is 1. The minimum atomic E-state index is -1.96. The first kappa shape index (κ1) is 24.3. The zero-order chi connectivity index (χ0) is 24.0. The Kier molecular flexibility index (Phi) is 8.12. The number of piperazine rings is 1. The van der Waals surface area contributed by atoms with Crippen LogP contribution in [0.1, 0.15) is 17.3 Å². The summed E-state index contributed by atoms with van der Waals surface area (Å²) in [7, 11) is 1.60. The highest BCUT2D eigenvalue weighted by Gasteiger charge is 2.30. The van der Waals surface area contributed by atoms with Crippen LogP contribution in [0.15, 0.2) is 47.4 Å². The first-order valence-corrected chi connectivity index (χ1v) is 11.7. The minimum Gasteiger partial charge on any atom is -0.611 e. The highest BCUT2D eigenvalue weighted by atomic mass is 32.2. The molecule has 0 aromatic heterocycles. The average molecular weight is 476 g/mol. The molecule has 0 saturated carbocycles. The summed E-state index contributed by atoms with van der Waals surface area (Å²) < 4.78 is 22.5. The number of nitro benzene ring substituents is 1. The second-order valence-corrected chi connectivity index (χ2v) is 8.63. The molecule has 1 aliphatic heterocycles. The van der Waals surface area contributed by atoms with E-state index in [1.54, 1.807) is 18.9 Å². The van der Waals surface area contributed by atoms with Gasteiger partial charge in [0, 0.05) is 66.8 Å². The predicted octanol–water partition coefficient (Wildman–Crippen LogP) is 2.24. The molecule has 1 fully saturated rings. The third-order valence-corrected chi connectivity index (χ3v) is 6.52.